The first-order valence-corrected chi connectivity index (χ1v) is 6.69. The van der Waals surface area contributed by atoms with Crippen LogP contribution in [-0.4, -0.2) is 22.2 Å². The molecule has 1 aliphatic carbocycles. The number of anilines is 1. The summed E-state index contributed by atoms with van der Waals surface area (Å²) in [6.07, 6.45) is 1.46. The van der Waals surface area contributed by atoms with E-state index in [9.17, 15) is 5.11 Å². The fourth-order valence-corrected chi connectivity index (χ4v) is 3.11. The minimum Gasteiger partial charge on any atom is -0.508 e. The van der Waals surface area contributed by atoms with Crippen LogP contribution in [0.1, 0.15) is 31.0 Å². The Morgan fingerprint density at radius 3 is 2.81 bits per heavy atom. The van der Waals surface area contributed by atoms with E-state index in [1.54, 1.807) is 19.2 Å². The van der Waals surface area contributed by atoms with Gasteiger partial charge in [-0.1, -0.05) is 13.8 Å². The maximum Gasteiger partial charge on any atom is 0.131 e. The first-order valence-electron chi connectivity index (χ1n) is 6.69. The topological polar surface area (TPSA) is 93.3 Å². The molecule has 0 spiro atoms. The van der Waals surface area contributed by atoms with E-state index >= 15 is 0 Å². The number of nitrogen functional groups attached to an aromatic ring is 1. The lowest BCUT2D eigenvalue weighted by Crippen LogP contribution is -2.40. The lowest BCUT2D eigenvalue weighted by Gasteiger charge is -2.41. The number of hydroxylamine groups is 1. The minimum atomic E-state index is -0.391. The largest absolute Gasteiger partial charge is 0.508 e. The molecular formula is C15H18N4O2. The molecule has 0 aliphatic heterocycles. The van der Waals surface area contributed by atoms with E-state index in [0.717, 1.165) is 22.4 Å². The Kier molecular flexibility index (Phi) is 3.07. The van der Waals surface area contributed by atoms with Crippen molar-refractivity contribution in [3.8, 4) is 17.0 Å². The van der Waals surface area contributed by atoms with Gasteiger partial charge in [0.1, 0.15) is 17.9 Å². The molecule has 6 heteroatoms. The zero-order chi connectivity index (χ0) is 15.2. The highest BCUT2D eigenvalue weighted by Gasteiger charge is 2.42. The molecule has 1 atom stereocenters. The standard InChI is InChI=1S/C15H18N4O2/c1-15(2)11-12(17-7-18-14(11)16)9-5-4-8(20)6-10(9)13(15)19-21-3/h4-7,13,19-20H,1-3H3,(H2,16,17,18). The van der Waals surface area contributed by atoms with Gasteiger partial charge in [0, 0.05) is 16.5 Å². The maximum atomic E-state index is 9.82. The second-order valence-electron chi connectivity index (χ2n) is 5.73. The Morgan fingerprint density at radius 2 is 2.10 bits per heavy atom. The molecule has 0 radical (unpaired) electrons. The third-order valence-electron chi connectivity index (χ3n) is 4.08. The van der Waals surface area contributed by atoms with Gasteiger partial charge in [0.15, 0.2) is 0 Å². The van der Waals surface area contributed by atoms with Crippen molar-refractivity contribution in [3.63, 3.8) is 0 Å². The van der Waals surface area contributed by atoms with Gasteiger partial charge < -0.3 is 15.7 Å². The van der Waals surface area contributed by atoms with E-state index in [2.05, 4.69) is 29.3 Å². The van der Waals surface area contributed by atoms with E-state index in [1.165, 1.54) is 6.33 Å². The van der Waals surface area contributed by atoms with Gasteiger partial charge in [0.2, 0.25) is 0 Å². The number of hydrogen-bond acceptors (Lipinski definition) is 6. The molecule has 1 aromatic heterocycles. The molecule has 0 saturated carbocycles. The zero-order valence-corrected chi connectivity index (χ0v) is 12.2. The maximum absolute atomic E-state index is 9.82. The summed E-state index contributed by atoms with van der Waals surface area (Å²) in [6.45, 7) is 4.10. The number of nitrogens with two attached hydrogens (primary N) is 1. The van der Waals surface area contributed by atoms with Crippen molar-refractivity contribution < 1.29 is 9.94 Å². The van der Waals surface area contributed by atoms with Crippen LogP contribution in [0.15, 0.2) is 24.5 Å². The summed E-state index contributed by atoms with van der Waals surface area (Å²) in [4.78, 5) is 13.7. The van der Waals surface area contributed by atoms with Gasteiger partial charge in [-0.2, -0.15) is 5.48 Å². The summed E-state index contributed by atoms with van der Waals surface area (Å²) in [6, 6.07) is 5.04. The number of nitrogens with one attached hydrogen (secondary N) is 1. The summed E-state index contributed by atoms with van der Waals surface area (Å²) < 4.78 is 0. The second kappa shape index (κ2) is 4.68. The van der Waals surface area contributed by atoms with Gasteiger partial charge in [0.25, 0.3) is 0 Å². The molecule has 110 valence electrons. The Bertz CT molecular complexity index is 700. The van der Waals surface area contributed by atoms with Gasteiger partial charge in [-0.25, -0.2) is 9.97 Å². The smallest absolute Gasteiger partial charge is 0.131 e. The van der Waals surface area contributed by atoms with E-state index in [-0.39, 0.29) is 11.8 Å². The van der Waals surface area contributed by atoms with Gasteiger partial charge in [-0.15, -0.1) is 0 Å². The first kappa shape index (κ1) is 13.8. The van der Waals surface area contributed by atoms with Crippen LogP contribution in [0.3, 0.4) is 0 Å². The highest BCUT2D eigenvalue weighted by molar-refractivity contribution is 5.77. The number of nitrogens with zero attached hydrogens (tertiary/aromatic N) is 2. The molecule has 1 aromatic carbocycles. The van der Waals surface area contributed by atoms with Crippen molar-refractivity contribution in [3.05, 3.63) is 35.7 Å². The lowest BCUT2D eigenvalue weighted by molar-refractivity contribution is 0.0369. The van der Waals surface area contributed by atoms with Crippen LogP contribution in [-0.2, 0) is 10.3 Å². The average molecular weight is 286 g/mol. The summed E-state index contributed by atoms with van der Waals surface area (Å²) >= 11 is 0. The van der Waals surface area contributed by atoms with Crippen LogP contribution >= 0.6 is 0 Å². The fraction of sp³-hybridized carbons (Fsp3) is 0.333. The molecule has 6 nitrogen and oxygen atoms in total. The van der Waals surface area contributed by atoms with Crippen molar-refractivity contribution in [2.75, 3.05) is 12.8 Å². The van der Waals surface area contributed by atoms with Crippen LogP contribution in [0.2, 0.25) is 0 Å². The quantitative estimate of drug-likeness (QED) is 0.730. The molecule has 2 aromatic rings. The molecule has 0 fully saturated rings. The van der Waals surface area contributed by atoms with E-state index in [1.807, 2.05) is 6.07 Å². The Labute approximate surface area is 122 Å². The second-order valence-corrected chi connectivity index (χ2v) is 5.73. The number of aromatic hydroxyl groups is 1. The summed E-state index contributed by atoms with van der Waals surface area (Å²) in [7, 11) is 1.57. The Balaban J connectivity index is 2.35. The number of hydrogen-bond donors (Lipinski definition) is 3. The van der Waals surface area contributed by atoms with Crippen LogP contribution in [0.4, 0.5) is 5.82 Å². The molecule has 1 unspecified atom stereocenters. The fourth-order valence-electron chi connectivity index (χ4n) is 3.11. The van der Waals surface area contributed by atoms with Crippen molar-refractivity contribution in [1.29, 1.82) is 0 Å². The molecule has 0 bridgehead atoms. The SMILES string of the molecule is CONC1c2cc(O)ccc2-c2ncnc(N)c2C1(C)C. The number of benzene rings is 1. The Morgan fingerprint density at radius 1 is 1.33 bits per heavy atom. The van der Waals surface area contributed by atoms with Crippen molar-refractivity contribution in [2.45, 2.75) is 25.3 Å². The van der Waals surface area contributed by atoms with E-state index in [4.69, 9.17) is 10.6 Å². The monoisotopic (exact) mass is 286 g/mol. The first-order chi connectivity index (χ1) is 9.96. The average Bonchev–Trinajstić information content (AvgIpc) is 2.43. The van der Waals surface area contributed by atoms with Crippen LogP contribution in [0.25, 0.3) is 11.3 Å². The molecule has 3 rings (SSSR count). The van der Waals surface area contributed by atoms with E-state index < -0.39 is 5.41 Å². The molecule has 1 aliphatic rings. The molecular weight excluding hydrogens is 268 g/mol. The van der Waals surface area contributed by atoms with Crippen LogP contribution < -0.4 is 11.2 Å². The third kappa shape index (κ3) is 1.95. The summed E-state index contributed by atoms with van der Waals surface area (Å²) in [5.41, 5.74) is 12.2. The van der Waals surface area contributed by atoms with Crippen molar-refractivity contribution in [1.82, 2.24) is 15.4 Å². The number of rotatable bonds is 2. The molecule has 21 heavy (non-hydrogen) atoms. The van der Waals surface area contributed by atoms with Crippen molar-refractivity contribution in [2.24, 2.45) is 0 Å². The van der Waals surface area contributed by atoms with Crippen LogP contribution in [0.5, 0.6) is 5.75 Å². The normalized spacial score (nSPS) is 18.9. The highest BCUT2D eigenvalue weighted by Crippen LogP contribution is 2.50. The molecule has 4 N–H and O–H groups in total. The molecule has 0 saturated heterocycles. The lowest BCUT2D eigenvalue weighted by atomic mass is 9.68. The highest BCUT2D eigenvalue weighted by atomic mass is 16.6. The Hall–Kier alpha value is -2.18. The van der Waals surface area contributed by atoms with Gasteiger partial charge in [-0.3, -0.25) is 0 Å². The molecule has 0 amide bonds. The third-order valence-corrected chi connectivity index (χ3v) is 4.08. The number of phenols is 1. The minimum absolute atomic E-state index is 0.176. The number of aromatic nitrogens is 2. The van der Waals surface area contributed by atoms with Gasteiger partial charge in [-0.05, 0) is 23.8 Å². The summed E-state index contributed by atoms with van der Waals surface area (Å²) in [5, 5.41) is 9.82. The van der Waals surface area contributed by atoms with Gasteiger partial charge >= 0.3 is 0 Å². The van der Waals surface area contributed by atoms with Gasteiger partial charge in [0.05, 0.1) is 18.8 Å². The number of fused-ring (bicyclic) bond motifs is 3. The van der Waals surface area contributed by atoms with Crippen LogP contribution in [0, 0.1) is 0 Å². The van der Waals surface area contributed by atoms with E-state index in [0.29, 0.717) is 5.82 Å². The zero-order valence-electron chi connectivity index (χ0n) is 12.2. The molecule has 1 heterocycles. The number of phenolic OH excluding ortho intramolecular Hbond substituents is 1. The predicted molar refractivity (Wildman–Crippen MR) is 79.5 cm³/mol. The summed E-state index contributed by atoms with van der Waals surface area (Å²) in [5.74, 6) is 0.671. The van der Waals surface area contributed by atoms with Crippen molar-refractivity contribution >= 4 is 5.82 Å². The predicted octanol–water partition coefficient (Wildman–Crippen LogP) is 1.91.